The number of rotatable bonds is 3. The maximum atomic E-state index is 13.8. The molecule has 1 heterocycles. The molecule has 2 rings (SSSR count). The lowest BCUT2D eigenvalue weighted by atomic mass is 10.1. The van der Waals surface area contributed by atoms with Gasteiger partial charge in [0.2, 0.25) is 0 Å². The molecule has 5 heteroatoms. The number of hydrogen-bond acceptors (Lipinski definition) is 3. The van der Waals surface area contributed by atoms with Crippen LogP contribution in [0.25, 0.3) is 0 Å². The number of nitrogens with two attached hydrogens (primary N) is 1. The molecule has 3 N–H and O–H groups in total. The van der Waals surface area contributed by atoms with Gasteiger partial charge >= 0.3 is 0 Å². The highest BCUT2D eigenvalue weighted by molar-refractivity contribution is 7.98. The predicted octanol–water partition coefficient (Wildman–Crippen LogP) is 2.15. The molecule has 0 unspecified atom stereocenters. The molecule has 0 spiro atoms. The lowest BCUT2D eigenvalue weighted by molar-refractivity contribution is 0.617. The molecule has 0 aliphatic rings. The van der Waals surface area contributed by atoms with Gasteiger partial charge in [-0.2, -0.15) is 0 Å². The van der Waals surface area contributed by atoms with Gasteiger partial charge in [-0.1, -0.05) is 29.7 Å². The van der Waals surface area contributed by atoms with Crippen LogP contribution in [-0.4, -0.2) is 16.5 Å². The lowest BCUT2D eigenvalue weighted by Crippen LogP contribution is -1.94. The maximum absolute atomic E-state index is 13.8. The summed E-state index contributed by atoms with van der Waals surface area (Å²) in [5, 5.41) is 0.779. The van der Waals surface area contributed by atoms with Crippen LogP contribution in [0.2, 0.25) is 0 Å². The van der Waals surface area contributed by atoms with E-state index in [2.05, 4.69) is 21.8 Å². The number of nitrogens with one attached hydrogen (secondary N) is 1. The fraction of sp³-hybridized carbons (Fsp3) is 0.154. The van der Waals surface area contributed by atoms with E-state index in [4.69, 9.17) is 5.73 Å². The highest BCUT2D eigenvalue weighted by Gasteiger charge is 2.04. The first-order valence-electron chi connectivity index (χ1n) is 5.39. The van der Waals surface area contributed by atoms with Gasteiger partial charge < -0.3 is 10.7 Å². The Morgan fingerprint density at radius 1 is 1.44 bits per heavy atom. The van der Waals surface area contributed by atoms with E-state index < -0.39 is 0 Å². The fourth-order valence-electron chi connectivity index (χ4n) is 1.37. The van der Waals surface area contributed by atoms with E-state index in [1.807, 2.05) is 0 Å². The molecule has 18 heavy (non-hydrogen) atoms. The van der Waals surface area contributed by atoms with Gasteiger partial charge in [0, 0.05) is 23.7 Å². The monoisotopic (exact) mass is 261 g/mol. The van der Waals surface area contributed by atoms with Gasteiger partial charge in [-0.05, 0) is 17.7 Å². The summed E-state index contributed by atoms with van der Waals surface area (Å²) >= 11 is 1.46. The Morgan fingerprint density at radius 2 is 2.33 bits per heavy atom. The largest absolute Gasteiger partial charge is 0.340 e. The zero-order valence-electron chi connectivity index (χ0n) is 9.61. The van der Waals surface area contributed by atoms with Crippen LogP contribution in [-0.2, 0) is 5.75 Å². The third-order valence-corrected chi connectivity index (χ3v) is 3.18. The summed E-state index contributed by atoms with van der Waals surface area (Å²) in [6.07, 6.45) is 3.41. The van der Waals surface area contributed by atoms with Crippen LogP contribution in [0.15, 0.2) is 35.7 Å². The topological polar surface area (TPSA) is 54.7 Å². The van der Waals surface area contributed by atoms with Crippen molar-refractivity contribution in [3.63, 3.8) is 0 Å². The van der Waals surface area contributed by atoms with Gasteiger partial charge in [0.25, 0.3) is 0 Å². The van der Waals surface area contributed by atoms with E-state index in [0.717, 1.165) is 5.16 Å². The molecule has 1 aromatic heterocycles. The molecule has 92 valence electrons. The first-order valence-corrected chi connectivity index (χ1v) is 6.37. The number of H-pyrrole nitrogens is 1. The quantitative estimate of drug-likeness (QED) is 0.657. The zero-order valence-corrected chi connectivity index (χ0v) is 10.4. The van der Waals surface area contributed by atoms with Crippen molar-refractivity contribution in [2.24, 2.45) is 5.73 Å². The van der Waals surface area contributed by atoms with Crippen molar-refractivity contribution >= 4 is 11.8 Å². The second-order valence-corrected chi connectivity index (χ2v) is 4.46. The minimum atomic E-state index is -0.252. The Bertz CT molecular complexity index is 570. The maximum Gasteiger partial charge on any atom is 0.165 e. The average Bonchev–Trinajstić information content (AvgIpc) is 2.88. The van der Waals surface area contributed by atoms with Crippen molar-refractivity contribution in [2.75, 3.05) is 6.54 Å². The number of thioether (sulfide) groups is 1. The average molecular weight is 261 g/mol. The molecular weight excluding hydrogens is 249 g/mol. The van der Waals surface area contributed by atoms with Crippen LogP contribution in [0.5, 0.6) is 0 Å². The van der Waals surface area contributed by atoms with Crippen molar-refractivity contribution in [1.82, 2.24) is 9.97 Å². The van der Waals surface area contributed by atoms with Gasteiger partial charge in [0.1, 0.15) is 5.82 Å². The molecule has 3 nitrogen and oxygen atoms in total. The Balaban J connectivity index is 2.05. The van der Waals surface area contributed by atoms with Gasteiger partial charge in [-0.25, -0.2) is 9.37 Å². The zero-order chi connectivity index (χ0) is 12.8. The molecular formula is C13H12FN3S. The molecule has 1 aromatic carbocycles. The fourth-order valence-corrected chi connectivity index (χ4v) is 2.18. The van der Waals surface area contributed by atoms with E-state index in [-0.39, 0.29) is 12.4 Å². The van der Waals surface area contributed by atoms with Crippen molar-refractivity contribution in [3.05, 3.63) is 47.5 Å². The second-order valence-electron chi connectivity index (χ2n) is 3.50. The first kappa shape index (κ1) is 12.7. The van der Waals surface area contributed by atoms with Crippen molar-refractivity contribution in [2.45, 2.75) is 10.9 Å². The molecule has 0 atom stereocenters. The normalized spacial score (nSPS) is 9.89. The number of imidazole rings is 1. The van der Waals surface area contributed by atoms with Gasteiger partial charge in [-0.15, -0.1) is 0 Å². The van der Waals surface area contributed by atoms with Crippen LogP contribution in [0.4, 0.5) is 4.39 Å². The summed E-state index contributed by atoms with van der Waals surface area (Å²) in [4.78, 5) is 7.03. The summed E-state index contributed by atoms with van der Waals surface area (Å²) < 4.78 is 13.8. The first-order chi connectivity index (χ1) is 8.79. The SMILES string of the molecule is NCC#Cc1ccc(CSc2ncc[nH]2)c(F)c1. The number of aromatic nitrogens is 2. The highest BCUT2D eigenvalue weighted by atomic mass is 32.2. The van der Waals surface area contributed by atoms with Crippen LogP contribution >= 0.6 is 11.8 Å². The van der Waals surface area contributed by atoms with E-state index in [1.165, 1.54) is 17.8 Å². The third-order valence-electron chi connectivity index (χ3n) is 2.23. The Hall–Kier alpha value is -1.77. The number of aromatic amines is 1. The second kappa shape index (κ2) is 6.24. The minimum absolute atomic E-state index is 0.252. The van der Waals surface area contributed by atoms with E-state index in [0.29, 0.717) is 16.9 Å². The molecule has 0 saturated heterocycles. The number of halogens is 1. The summed E-state index contributed by atoms with van der Waals surface area (Å²) in [6.45, 7) is 0.276. The molecule has 0 bridgehead atoms. The number of nitrogens with zero attached hydrogens (tertiary/aromatic N) is 1. The Morgan fingerprint density at radius 3 is 3.00 bits per heavy atom. The molecule has 0 radical (unpaired) electrons. The molecule has 0 saturated carbocycles. The molecule has 2 aromatic rings. The van der Waals surface area contributed by atoms with E-state index in [1.54, 1.807) is 24.5 Å². The van der Waals surface area contributed by atoms with Gasteiger partial charge in [-0.3, -0.25) is 0 Å². The highest BCUT2D eigenvalue weighted by Crippen LogP contribution is 2.21. The molecule has 0 amide bonds. The standard InChI is InChI=1S/C13H12FN3S/c14-12-8-10(2-1-5-15)3-4-11(12)9-18-13-16-6-7-17-13/h3-4,6-8H,5,9,15H2,(H,16,17). The summed E-state index contributed by atoms with van der Waals surface area (Å²) in [5.41, 5.74) is 6.54. The van der Waals surface area contributed by atoms with E-state index in [9.17, 15) is 4.39 Å². The summed E-state index contributed by atoms with van der Waals surface area (Å²) in [7, 11) is 0. The van der Waals surface area contributed by atoms with Crippen LogP contribution in [0, 0.1) is 17.7 Å². The Kier molecular flexibility index (Phi) is 4.40. The Labute approximate surface area is 109 Å². The van der Waals surface area contributed by atoms with Crippen molar-refractivity contribution in [3.8, 4) is 11.8 Å². The van der Waals surface area contributed by atoms with Crippen LogP contribution < -0.4 is 5.73 Å². The number of hydrogen-bond donors (Lipinski definition) is 2. The predicted molar refractivity (Wildman–Crippen MR) is 70.5 cm³/mol. The summed E-state index contributed by atoms with van der Waals surface area (Å²) in [5.74, 6) is 5.78. The van der Waals surface area contributed by atoms with Crippen LogP contribution in [0.1, 0.15) is 11.1 Å². The van der Waals surface area contributed by atoms with Gasteiger partial charge in [0.15, 0.2) is 5.16 Å². The number of benzene rings is 1. The van der Waals surface area contributed by atoms with Crippen molar-refractivity contribution < 1.29 is 4.39 Å². The van der Waals surface area contributed by atoms with Crippen LogP contribution in [0.3, 0.4) is 0 Å². The molecule has 0 aliphatic carbocycles. The van der Waals surface area contributed by atoms with Crippen molar-refractivity contribution in [1.29, 1.82) is 0 Å². The van der Waals surface area contributed by atoms with Gasteiger partial charge in [0.05, 0.1) is 6.54 Å². The van der Waals surface area contributed by atoms with E-state index >= 15 is 0 Å². The molecule has 0 aliphatic heterocycles. The minimum Gasteiger partial charge on any atom is -0.340 e. The molecule has 0 fully saturated rings. The smallest absolute Gasteiger partial charge is 0.165 e. The lowest BCUT2D eigenvalue weighted by Gasteiger charge is -2.02. The summed E-state index contributed by atoms with van der Waals surface area (Å²) in [6, 6.07) is 4.97. The third kappa shape index (κ3) is 3.36.